The zero-order valence-electron chi connectivity index (χ0n) is 11.8. The first-order valence-electron chi connectivity index (χ1n) is 6.84. The minimum Gasteiger partial charge on any atom is -0.467 e. The summed E-state index contributed by atoms with van der Waals surface area (Å²) in [6.45, 7) is 0.604. The Hall–Kier alpha value is -1.26. The van der Waals surface area contributed by atoms with Crippen molar-refractivity contribution in [1.29, 1.82) is 0 Å². The van der Waals surface area contributed by atoms with Gasteiger partial charge in [0.2, 0.25) is 5.91 Å². The Bertz CT molecular complexity index is 548. The fourth-order valence-corrected chi connectivity index (χ4v) is 3.06. The first-order chi connectivity index (χ1) is 10.0. The number of carbonyl (C=O) groups is 2. The summed E-state index contributed by atoms with van der Waals surface area (Å²) in [6.07, 6.45) is 2.33. The monoisotopic (exact) mass is 329 g/mol. The molecule has 1 amide bonds. The molecule has 1 aromatic carbocycles. The molecular formula is C15H17Cl2NO3. The van der Waals surface area contributed by atoms with E-state index >= 15 is 0 Å². The van der Waals surface area contributed by atoms with Crippen LogP contribution in [0.1, 0.15) is 24.8 Å². The van der Waals surface area contributed by atoms with E-state index in [4.69, 9.17) is 27.9 Å². The third-order valence-corrected chi connectivity index (χ3v) is 4.26. The molecule has 0 radical (unpaired) electrons. The van der Waals surface area contributed by atoms with Crippen molar-refractivity contribution >= 4 is 35.1 Å². The van der Waals surface area contributed by atoms with E-state index in [2.05, 4.69) is 0 Å². The van der Waals surface area contributed by atoms with Gasteiger partial charge in [0.05, 0.1) is 7.11 Å². The average Bonchev–Trinajstić information content (AvgIpc) is 2.94. The lowest BCUT2D eigenvalue weighted by Crippen LogP contribution is -2.41. The molecule has 1 aliphatic rings. The Kier molecular flexibility index (Phi) is 5.48. The summed E-state index contributed by atoms with van der Waals surface area (Å²) in [5.74, 6) is -0.390. The summed E-state index contributed by atoms with van der Waals surface area (Å²) in [7, 11) is 1.34. The molecule has 0 spiro atoms. The van der Waals surface area contributed by atoms with E-state index in [1.165, 1.54) is 7.11 Å². The van der Waals surface area contributed by atoms with Crippen LogP contribution in [-0.2, 0) is 20.7 Å². The normalized spacial score (nSPS) is 17.9. The van der Waals surface area contributed by atoms with Crippen LogP contribution in [0.25, 0.3) is 0 Å². The van der Waals surface area contributed by atoms with Gasteiger partial charge in [-0.1, -0.05) is 29.3 Å². The number of amides is 1. The highest BCUT2D eigenvalue weighted by Crippen LogP contribution is 2.24. The minimum absolute atomic E-state index is 0.0473. The number of ether oxygens (including phenoxy) is 1. The van der Waals surface area contributed by atoms with Gasteiger partial charge in [-0.3, -0.25) is 4.79 Å². The number of aryl methyl sites for hydroxylation is 1. The van der Waals surface area contributed by atoms with Crippen LogP contribution in [-0.4, -0.2) is 36.5 Å². The van der Waals surface area contributed by atoms with Crippen molar-refractivity contribution < 1.29 is 14.3 Å². The van der Waals surface area contributed by atoms with Gasteiger partial charge in [-0.15, -0.1) is 0 Å². The predicted molar refractivity (Wildman–Crippen MR) is 81.5 cm³/mol. The minimum atomic E-state index is -0.441. The van der Waals surface area contributed by atoms with Crippen molar-refractivity contribution in [2.45, 2.75) is 31.7 Å². The summed E-state index contributed by atoms with van der Waals surface area (Å²) in [5.41, 5.74) is 0.878. The number of rotatable bonds is 4. The van der Waals surface area contributed by atoms with Crippen molar-refractivity contribution in [1.82, 2.24) is 4.90 Å². The third kappa shape index (κ3) is 3.89. The number of methoxy groups -OCH3 is 1. The second-order valence-electron chi connectivity index (χ2n) is 5.00. The van der Waals surface area contributed by atoms with Crippen LogP contribution in [0.4, 0.5) is 0 Å². The van der Waals surface area contributed by atoms with Crippen molar-refractivity contribution in [3.8, 4) is 0 Å². The zero-order valence-corrected chi connectivity index (χ0v) is 13.3. The zero-order chi connectivity index (χ0) is 15.4. The van der Waals surface area contributed by atoms with Crippen molar-refractivity contribution in [3.63, 3.8) is 0 Å². The molecule has 114 valence electrons. The van der Waals surface area contributed by atoms with Gasteiger partial charge in [0.15, 0.2) is 0 Å². The SMILES string of the molecule is COC(=O)C1CCCN1C(=O)CCc1ccc(Cl)cc1Cl. The molecule has 1 aromatic rings. The van der Waals surface area contributed by atoms with Gasteiger partial charge in [-0.25, -0.2) is 4.79 Å². The second kappa shape index (κ2) is 7.14. The number of halogens is 2. The molecule has 1 fully saturated rings. The van der Waals surface area contributed by atoms with Crippen LogP contribution >= 0.6 is 23.2 Å². The number of likely N-dealkylation sites (tertiary alicyclic amines) is 1. The molecule has 0 saturated carbocycles. The molecule has 0 bridgehead atoms. The summed E-state index contributed by atoms with van der Waals surface area (Å²) in [4.78, 5) is 25.5. The van der Waals surface area contributed by atoms with Gasteiger partial charge < -0.3 is 9.64 Å². The van der Waals surface area contributed by atoms with Crippen molar-refractivity contribution in [3.05, 3.63) is 33.8 Å². The lowest BCUT2D eigenvalue weighted by Gasteiger charge is -2.22. The molecule has 0 aromatic heterocycles. The maximum atomic E-state index is 12.3. The maximum absolute atomic E-state index is 12.3. The van der Waals surface area contributed by atoms with Gasteiger partial charge >= 0.3 is 5.97 Å². The highest BCUT2D eigenvalue weighted by molar-refractivity contribution is 6.35. The van der Waals surface area contributed by atoms with Crippen LogP contribution in [0.3, 0.4) is 0 Å². The molecule has 2 rings (SSSR count). The summed E-state index contributed by atoms with van der Waals surface area (Å²) in [6, 6.07) is 4.79. The Labute approximate surface area is 134 Å². The Morgan fingerprint density at radius 2 is 2.14 bits per heavy atom. The van der Waals surface area contributed by atoms with E-state index in [0.717, 1.165) is 12.0 Å². The molecule has 1 unspecified atom stereocenters. The summed E-state index contributed by atoms with van der Waals surface area (Å²) < 4.78 is 4.74. The van der Waals surface area contributed by atoms with Crippen LogP contribution in [0, 0.1) is 0 Å². The number of hydrogen-bond acceptors (Lipinski definition) is 3. The van der Waals surface area contributed by atoms with E-state index in [-0.39, 0.29) is 11.9 Å². The van der Waals surface area contributed by atoms with Gasteiger partial charge in [0.1, 0.15) is 6.04 Å². The summed E-state index contributed by atoms with van der Waals surface area (Å²) in [5, 5.41) is 1.13. The van der Waals surface area contributed by atoms with Gasteiger partial charge in [0, 0.05) is 23.0 Å². The lowest BCUT2D eigenvalue weighted by atomic mass is 10.1. The third-order valence-electron chi connectivity index (χ3n) is 3.67. The smallest absolute Gasteiger partial charge is 0.328 e. The lowest BCUT2D eigenvalue weighted by molar-refractivity contribution is -0.150. The molecule has 1 atom stereocenters. The van der Waals surface area contributed by atoms with E-state index in [9.17, 15) is 9.59 Å². The largest absolute Gasteiger partial charge is 0.467 e. The first kappa shape index (κ1) is 16.1. The van der Waals surface area contributed by atoms with Crippen LogP contribution in [0.15, 0.2) is 18.2 Å². The number of benzene rings is 1. The standard InChI is InChI=1S/C15H17Cl2NO3/c1-21-15(20)13-3-2-8-18(13)14(19)7-5-10-4-6-11(16)9-12(10)17/h4,6,9,13H,2-3,5,7-8H2,1H3. The van der Waals surface area contributed by atoms with Gasteiger partial charge in [-0.2, -0.15) is 0 Å². The molecule has 1 aliphatic heterocycles. The van der Waals surface area contributed by atoms with Crippen LogP contribution in [0.2, 0.25) is 10.0 Å². The number of nitrogens with zero attached hydrogens (tertiary/aromatic N) is 1. The van der Waals surface area contributed by atoms with E-state index < -0.39 is 6.04 Å². The van der Waals surface area contributed by atoms with E-state index in [1.54, 1.807) is 17.0 Å². The van der Waals surface area contributed by atoms with Gasteiger partial charge in [-0.05, 0) is 37.0 Å². The van der Waals surface area contributed by atoms with Crippen molar-refractivity contribution in [2.75, 3.05) is 13.7 Å². The van der Waals surface area contributed by atoms with Crippen LogP contribution in [0.5, 0.6) is 0 Å². The Morgan fingerprint density at radius 1 is 1.38 bits per heavy atom. The number of carbonyl (C=O) groups excluding carboxylic acids is 2. The molecule has 1 heterocycles. The van der Waals surface area contributed by atoms with Crippen LogP contribution < -0.4 is 0 Å². The topological polar surface area (TPSA) is 46.6 Å². The van der Waals surface area contributed by atoms with Crippen molar-refractivity contribution in [2.24, 2.45) is 0 Å². The van der Waals surface area contributed by atoms with E-state index in [0.29, 0.717) is 35.9 Å². The maximum Gasteiger partial charge on any atom is 0.328 e. The summed E-state index contributed by atoms with van der Waals surface area (Å²) >= 11 is 11.9. The first-order valence-corrected chi connectivity index (χ1v) is 7.59. The predicted octanol–water partition coefficient (Wildman–Crippen LogP) is 3.09. The number of esters is 1. The molecular weight excluding hydrogens is 313 g/mol. The highest BCUT2D eigenvalue weighted by atomic mass is 35.5. The fourth-order valence-electron chi connectivity index (χ4n) is 2.56. The molecule has 6 heteroatoms. The quantitative estimate of drug-likeness (QED) is 0.797. The van der Waals surface area contributed by atoms with E-state index in [1.807, 2.05) is 6.07 Å². The second-order valence-corrected chi connectivity index (χ2v) is 5.85. The molecule has 4 nitrogen and oxygen atoms in total. The molecule has 21 heavy (non-hydrogen) atoms. The average molecular weight is 330 g/mol. The number of hydrogen-bond donors (Lipinski definition) is 0. The fraction of sp³-hybridized carbons (Fsp3) is 0.467. The molecule has 0 N–H and O–H groups in total. The Balaban J connectivity index is 1.96. The Morgan fingerprint density at radius 3 is 2.81 bits per heavy atom. The highest BCUT2D eigenvalue weighted by Gasteiger charge is 2.34. The van der Waals surface area contributed by atoms with Gasteiger partial charge in [0.25, 0.3) is 0 Å². The molecule has 1 saturated heterocycles. The molecule has 0 aliphatic carbocycles.